The second kappa shape index (κ2) is 6.26. The maximum absolute atomic E-state index is 11.5. The van der Waals surface area contributed by atoms with Gasteiger partial charge in [0.1, 0.15) is 0 Å². The molecule has 0 saturated carbocycles. The lowest BCUT2D eigenvalue weighted by atomic mass is 10.0. The van der Waals surface area contributed by atoms with Gasteiger partial charge in [0.25, 0.3) is 5.91 Å². The number of carbonyl (C=O) groups excluding carboxylic acids is 1. The summed E-state index contributed by atoms with van der Waals surface area (Å²) in [6, 6.07) is 14.4. The van der Waals surface area contributed by atoms with Crippen LogP contribution in [0.15, 0.2) is 48.7 Å². The highest BCUT2D eigenvalue weighted by Crippen LogP contribution is 2.39. The van der Waals surface area contributed by atoms with Crippen LogP contribution in [0, 0.1) is 0 Å². The molecule has 2 aromatic carbocycles. The number of rotatable bonds is 4. The Morgan fingerprint density at radius 3 is 2.92 bits per heavy atom. The minimum absolute atomic E-state index is 0.0610. The first-order valence-corrected chi connectivity index (χ1v) is 8.41. The average molecular weight is 335 g/mol. The Hall–Kier alpha value is -2.79. The molecule has 128 valence electrons. The summed E-state index contributed by atoms with van der Waals surface area (Å²) in [4.78, 5) is 13.7. The maximum Gasteiger partial charge on any atom is 0.262 e. The molecule has 25 heavy (non-hydrogen) atoms. The first-order chi connectivity index (χ1) is 12.1. The SMILES string of the molecule is CN(C)CCn1ccc2ccc(-c3cccc4c3OCC(=O)N4)cc21. The summed E-state index contributed by atoms with van der Waals surface area (Å²) in [5.74, 6) is 0.630. The van der Waals surface area contributed by atoms with E-state index in [1.165, 1.54) is 10.9 Å². The van der Waals surface area contributed by atoms with E-state index in [1.54, 1.807) is 0 Å². The fourth-order valence-corrected chi connectivity index (χ4v) is 3.20. The normalized spacial score (nSPS) is 13.6. The van der Waals surface area contributed by atoms with Crippen LogP contribution in [0.5, 0.6) is 5.75 Å². The van der Waals surface area contributed by atoms with Crippen molar-refractivity contribution in [3.8, 4) is 16.9 Å². The van der Waals surface area contributed by atoms with Gasteiger partial charge in [0.15, 0.2) is 12.4 Å². The predicted octanol–water partition coefficient (Wildman–Crippen LogP) is 3.20. The van der Waals surface area contributed by atoms with Crippen molar-refractivity contribution in [3.05, 3.63) is 48.7 Å². The topological polar surface area (TPSA) is 46.5 Å². The summed E-state index contributed by atoms with van der Waals surface area (Å²) >= 11 is 0. The van der Waals surface area contributed by atoms with Gasteiger partial charge >= 0.3 is 0 Å². The third kappa shape index (κ3) is 2.98. The smallest absolute Gasteiger partial charge is 0.262 e. The third-order valence-corrected chi connectivity index (χ3v) is 4.51. The van der Waals surface area contributed by atoms with Gasteiger partial charge < -0.3 is 19.5 Å². The Morgan fingerprint density at radius 1 is 1.20 bits per heavy atom. The number of anilines is 1. The van der Waals surface area contributed by atoms with Crippen LogP contribution in [-0.2, 0) is 11.3 Å². The Kier molecular flexibility index (Phi) is 3.93. The number of ether oxygens (including phenoxy) is 1. The van der Waals surface area contributed by atoms with Crippen molar-refractivity contribution in [2.45, 2.75) is 6.54 Å². The molecule has 5 nitrogen and oxygen atoms in total. The van der Waals surface area contributed by atoms with Gasteiger partial charge in [0.05, 0.1) is 5.69 Å². The van der Waals surface area contributed by atoms with Crippen LogP contribution < -0.4 is 10.1 Å². The van der Waals surface area contributed by atoms with Crippen LogP contribution in [-0.4, -0.2) is 42.6 Å². The van der Waals surface area contributed by atoms with E-state index >= 15 is 0 Å². The number of fused-ring (bicyclic) bond motifs is 2. The fourth-order valence-electron chi connectivity index (χ4n) is 3.20. The summed E-state index contributed by atoms with van der Waals surface area (Å²) in [6.07, 6.45) is 2.13. The minimum Gasteiger partial charge on any atom is -0.481 e. The number of carbonyl (C=O) groups is 1. The van der Waals surface area contributed by atoms with Crippen molar-refractivity contribution in [3.63, 3.8) is 0 Å². The number of hydrogen-bond acceptors (Lipinski definition) is 3. The zero-order valence-corrected chi connectivity index (χ0v) is 14.5. The van der Waals surface area contributed by atoms with E-state index in [0.29, 0.717) is 0 Å². The Labute approximate surface area is 146 Å². The number of nitrogens with one attached hydrogen (secondary N) is 1. The van der Waals surface area contributed by atoms with Crippen LogP contribution in [0.3, 0.4) is 0 Å². The Balaban J connectivity index is 1.76. The molecule has 4 rings (SSSR count). The van der Waals surface area contributed by atoms with Crippen molar-refractivity contribution in [2.24, 2.45) is 0 Å². The highest BCUT2D eigenvalue weighted by atomic mass is 16.5. The van der Waals surface area contributed by atoms with Gasteiger partial charge in [-0.1, -0.05) is 24.3 Å². The van der Waals surface area contributed by atoms with Gasteiger partial charge in [-0.25, -0.2) is 0 Å². The van der Waals surface area contributed by atoms with Crippen LogP contribution >= 0.6 is 0 Å². The molecule has 0 unspecified atom stereocenters. The number of likely N-dealkylation sites (N-methyl/N-ethyl adjacent to an activating group) is 1. The highest BCUT2D eigenvalue weighted by molar-refractivity contribution is 5.98. The van der Waals surface area contributed by atoms with E-state index in [0.717, 1.165) is 35.7 Å². The molecular formula is C20H21N3O2. The summed E-state index contributed by atoms with van der Waals surface area (Å²) in [6.45, 7) is 1.99. The molecule has 3 aromatic rings. The molecular weight excluding hydrogens is 314 g/mol. The molecule has 0 aliphatic carbocycles. The van der Waals surface area contributed by atoms with E-state index in [2.05, 4.69) is 59.3 Å². The lowest BCUT2D eigenvalue weighted by molar-refractivity contribution is -0.118. The molecule has 0 fully saturated rings. The number of nitrogens with zero attached hydrogens (tertiary/aromatic N) is 2. The number of benzene rings is 2. The summed E-state index contributed by atoms with van der Waals surface area (Å²) in [5.41, 5.74) is 4.03. The minimum atomic E-state index is -0.113. The van der Waals surface area contributed by atoms with E-state index < -0.39 is 0 Å². The first-order valence-electron chi connectivity index (χ1n) is 8.41. The summed E-state index contributed by atoms with van der Waals surface area (Å²) in [5, 5.41) is 4.10. The zero-order valence-electron chi connectivity index (χ0n) is 14.5. The average Bonchev–Trinajstić information content (AvgIpc) is 3.01. The molecule has 1 aromatic heterocycles. The summed E-state index contributed by atoms with van der Waals surface area (Å²) in [7, 11) is 4.16. The largest absolute Gasteiger partial charge is 0.481 e. The van der Waals surface area contributed by atoms with E-state index in [4.69, 9.17) is 4.74 Å². The quantitative estimate of drug-likeness (QED) is 0.796. The fraction of sp³-hybridized carbons (Fsp3) is 0.250. The zero-order chi connectivity index (χ0) is 17.4. The van der Waals surface area contributed by atoms with Crippen LogP contribution in [0.4, 0.5) is 5.69 Å². The van der Waals surface area contributed by atoms with Crippen molar-refractivity contribution >= 4 is 22.5 Å². The van der Waals surface area contributed by atoms with Crippen molar-refractivity contribution in [1.29, 1.82) is 0 Å². The van der Waals surface area contributed by atoms with Gasteiger partial charge in [0, 0.05) is 30.4 Å². The predicted molar refractivity (Wildman–Crippen MR) is 100 cm³/mol. The van der Waals surface area contributed by atoms with Crippen LogP contribution in [0.25, 0.3) is 22.0 Å². The Bertz CT molecular complexity index is 943. The van der Waals surface area contributed by atoms with Crippen LogP contribution in [0.2, 0.25) is 0 Å². The number of amides is 1. The molecule has 1 aliphatic heterocycles. The molecule has 1 N–H and O–H groups in total. The molecule has 1 aliphatic rings. The standard InChI is InChI=1S/C20H21N3O2/c1-22(2)10-11-23-9-8-14-6-7-15(12-18(14)23)16-4-3-5-17-20(16)25-13-19(24)21-17/h3-9,12H,10-11,13H2,1-2H3,(H,21,24). The van der Waals surface area contributed by atoms with Gasteiger partial charge in [-0.2, -0.15) is 0 Å². The second-order valence-corrected chi connectivity index (χ2v) is 6.61. The van der Waals surface area contributed by atoms with Crippen molar-refractivity contribution < 1.29 is 9.53 Å². The first kappa shape index (κ1) is 15.7. The molecule has 0 bridgehead atoms. The van der Waals surface area contributed by atoms with E-state index in [9.17, 15) is 4.79 Å². The van der Waals surface area contributed by atoms with E-state index in [1.807, 2.05) is 18.2 Å². The van der Waals surface area contributed by atoms with Gasteiger partial charge in [-0.3, -0.25) is 4.79 Å². The number of para-hydroxylation sites is 1. The molecule has 5 heteroatoms. The molecule has 2 heterocycles. The highest BCUT2D eigenvalue weighted by Gasteiger charge is 2.19. The van der Waals surface area contributed by atoms with E-state index in [-0.39, 0.29) is 12.5 Å². The molecule has 0 spiro atoms. The van der Waals surface area contributed by atoms with Gasteiger partial charge in [-0.05, 0) is 43.2 Å². The van der Waals surface area contributed by atoms with Crippen molar-refractivity contribution in [2.75, 3.05) is 32.6 Å². The van der Waals surface area contributed by atoms with Gasteiger partial charge in [0.2, 0.25) is 0 Å². The molecule has 1 amide bonds. The van der Waals surface area contributed by atoms with Crippen molar-refractivity contribution in [1.82, 2.24) is 9.47 Å². The second-order valence-electron chi connectivity index (χ2n) is 6.61. The monoisotopic (exact) mass is 335 g/mol. The van der Waals surface area contributed by atoms with Gasteiger partial charge in [-0.15, -0.1) is 0 Å². The summed E-state index contributed by atoms with van der Waals surface area (Å²) < 4.78 is 7.97. The maximum atomic E-state index is 11.5. The molecule has 0 radical (unpaired) electrons. The lowest BCUT2D eigenvalue weighted by Crippen LogP contribution is -2.25. The Morgan fingerprint density at radius 2 is 2.08 bits per heavy atom. The molecule has 0 atom stereocenters. The third-order valence-electron chi connectivity index (χ3n) is 4.51. The number of aromatic nitrogens is 1. The number of hydrogen-bond donors (Lipinski definition) is 1. The van der Waals surface area contributed by atoms with Crippen LogP contribution in [0.1, 0.15) is 0 Å². The molecule has 0 saturated heterocycles. The lowest BCUT2D eigenvalue weighted by Gasteiger charge is -2.21.